The molecule has 0 radical (unpaired) electrons. The van der Waals surface area contributed by atoms with E-state index in [1.807, 2.05) is 0 Å². The zero-order valence-electron chi connectivity index (χ0n) is 11.8. The molecule has 1 saturated heterocycles. The normalized spacial score (nSPS) is 21.4. The van der Waals surface area contributed by atoms with Gasteiger partial charge in [-0.2, -0.15) is 0 Å². The minimum Gasteiger partial charge on any atom is -0.324 e. The number of amides is 4. The highest BCUT2D eigenvalue weighted by Gasteiger charge is 2.46. The molecule has 0 unspecified atom stereocenters. The average Bonchev–Trinajstić information content (AvgIpc) is 2.63. The Balaban J connectivity index is 2.03. The summed E-state index contributed by atoms with van der Waals surface area (Å²) in [6.07, 6.45) is 0.462. The molecule has 1 aliphatic heterocycles. The van der Waals surface area contributed by atoms with Gasteiger partial charge in [-0.3, -0.25) is 14.5 Å². The van der Waals surface area contributed by atoms with Crippen molar-refractivity contribution >= 4 is 35.1 Å². The SMILES string of the molecule is CC[C@@]1(C)NC(=O)N(CC(=O)Nc2cccc(Cl)c2)C1=O. The summed E-state index contributed by atoms with van der Waals surface area (Å²) in [7, 11) is 0. The van der Waals surface area contributed by atoms with Gasteiger partial charge in [0.1, 0.15) is 12.1 Å². The van der Waals surface area contributed by atoms with E-state index in [2.05, 4.69) is 10.6 Å². The van der Waals surface area contributed by atoms with Gasteiger partial charge in [-0.1, -0.05) is 24.6 Å². The van der Waals surface area contributed by atoms with Crippen molar-refractivity contribution in [2.75, 3.05) is 11.9 Å². The first kappa shape index (κ1) is 15.3. The summed E-state index contributed by atoms with van der Waals surface area (Å²) in [5, 5.41) is 5.68. The van der Waals surface area contributed by atoms with Gasteiger partial charge in [-0.05, 0) is 31.5 Å². The molecule has 21 heavy (non-hydrogen) atoms. The van der Waals surface area contributed by atoms with Gasteiger partial charge in [0.25, 0.3) is 5.91 Å². The van der Waals surface area contributed by atoms with Crippen LogP contribution in [0.4, 0.5) is 10.5 Å². The monoisotopic (exact) mass is 309 g/mol. The van der Waals surface area contributed by atoms with Crippen LogP contribution in [0.15, 0.2) is 24.3 Å². The summed E-state index contributed by atoms with van der Waals surface area (Å²) in [5.41, 5.74) is -0.425. The van der Waals surface area contributed by atoms with Gasteiger partial charge in [-0.25, -0.2) is 4.79 Å². The summed E-state index contributed by atoms with van der Waals surface area (Å²) < 4.78 is 0. The minimum absolute atomic E-state index is 0.327. The maximum absolute atomic E-state index is 12.2. The third-order valence-corrected chi connectivity index (χ3v) is 3.70. The van der Waals surface area contributed by atoms with Crippen molar-refractivity contribution in [2.24, 2.45) is 0 Å². The molecular formula is C14H16ClN3O3. The van der Waals surface area contributed by atoms with Crippen LogP contribution in [0.1, 0.15) is 20.3 Å². The van der Waals surface area contributed by atoms with Crippen LogP contribution in [-0.2, 0) is 9.59 Å². The third kappa shape index (κ3) is 3.16. The van der Waals surface area contributed by atoms with E-state index >= 15 is 0 Å². The molecule has 2 rings (SSSR count). The van der Waals surface area contributed by atoms with E-state index in [9.17, 15) is 14.4 Å². The fourth-order valence-corrected chi connectivity index (χ4v) is 2.23. The molecule has 6 nitrogen and oxygen atoms in total. The van der Waals surface area contributed by atoms with Crippen molar-refractivity contribution in [1.29, 1.82) is 0 Å². The zero-order chi connectivity index (χ0) is 15.6. The molecule has 0 bridgehead atoms. The quantitative estimate of drug-likeness (QED) is 0.835. The zero-order valence-corrected chi connectivity index (χ0v) is 12.5. The van der Waals surface area contributed by atoms with Crippen LogP contribution in [0.3, 0.4) is 0 Å². The lowest BCUT2D eigenvalue weighted by atomic mass is 9.99. The highest BCUT2D eigenvalue weighted by molar-refractivity contribution is 6.30. The van der Waals surface area contributed by atoms with E-state index in [0.29, 0.717) is 17.1 Å². The van der Waals surface area contributed by atoms with Gasteiger partial charge in [0.2, 0.25) is 5.91 Å². The maximum Gasteiger partial charge on any atom is 0.325 e. The van der Waals surface area contributed by atoms with Gasteiger partial charge in [0, 0.05) is 10.7 Å². The van der Waals surface area contributed by atoms with Crippen molar-refractivity contribution in [3.8, 4) is 0 Å². The molecule has 112 valence electrons. The lowest BCUT2D eigenvalue weighted by Crippen LogP contribution is -2.44. The van der Waals surface area contributed by atoms with E-state index in [0.717, 1.165) is 4.90 Å². The van der Waals surface area contributed by atoms with Gasteiger partial charge < -0.3 is 10.6 Å². The number of hydrogen-bond acceptors (Lipinski definition) is 3. The van der Waals surface area contributed by atoms with E-state index in [4.69, 9.17) is 11.6 Å². The lowest BCUT2D eigenvalue weighted by molar-refractivity contribution is -0.133. The van der Waals surface area contributed by atoms with E-state index in [-0.39, 0.29) is 6.54 Å². The molecule has 0 saturated carbocycles. The molecule has 0 aliphatic carbocycles. The third-order valence-electron chi connectivity index (χ3n) is 3.46. The molecule has 1 atom stereocenters. The highest BCUT2D eigenvalue weighted by Crippen LogP contribution is 2.21. The second-order valence-electron chi connectivity index (χ2n) is 5.07. The number of halogens is 1. The number of carbonyl (C=O) groups excluding carboxylic acids is 3. The Labute approximate surface area is 127 Å². The van der Waals surface area contributed by atoms with Crippen molar-refractivity contribution in [1.82, 2.24) is 10.2 Å². The van der Waals surface area contributed by atoms with Crippen molar-refractivity contribution < 1.29 is 14.4 Å². The number of nitrogens with zero attached hydrogens (tertiary/aromatic N) is 1. The van der Waals surface area contributed by atoms with Crippen LogP contribution < -0.4 is 10.6 Å². The molecule has 2 N–H and O–H groups in total. The number of imide groups is 1. The van der Waals surface area contributed by atoms with Crippen LogP contribution in [0, 0.1) is 0 Å². The standard InChI is InChI=1S/C14H16ClN3O3/c1-3-14(2)12(20)18(13(21)17-14)8-11(19)16-10-6-4-5-9(15)7-10/h4-7H,3,8H2,1-2H3,(H,16,19)(H,17,21)/t14-/m1/s1. The molecule has 0 aromatic heterocycles. The van der Waals surface area contributed by atoms with Crippen LogP contribution in [-0.4, -0.2) is 34.8 Å². The predicted molar refractivity (Wildman–Crippen MR) is 79.0 cm³/mol. The summed E-state index contributed by atoms with van der Waals surface area (Å²) >= 11 is 5.82. The number of nitrogens with one attached hydrogen (secondary N) is 2. The first-order chi connectivity index (χ1) is 9.85. The van der Waals surface area contributed by atoms with E-state index in [1.165, 1.54) is 0 Å². The molecule has 1 aromatic rings. The van der Waals surface area contributed by atoms with Crippen molar-refractivity contribution in [2.45, 2.75) is 25.8 Å². The fourth-order valence-electron chi connectivity index (χ4n) is 2.04. The van der Waals surface area contributed by atoms with Crippen molar-refractivity contribution in [3.63, 3.8) is 0 Å². The molecule has 1 aromatic carbocycles. The van der Waals surface area contributed by atoms with Gasteiger partial charge in [0.05, 0.1) is 0 Å². The Kier molecular flexibility index (Phi) is 4.18. The molecular weight excluding hydrogens is 294 g/mol. The molecule has 0 spiro atoms. The molecule has 1 aliphatic rings. The van der Waals surface area contributed by atoms with Gasteiger partial charge in [-0.15, -0.1) is 0 Å². The summed E-state index contributed by atoms with van der Waals surface area (Å²) in [5.74, 6) is -0.850. The molecule has 1 heterocycles. The second-order valence-corrected chi connectivity index (χ2v) is 5.50. The van der Waals surface area contributed by atoms with Gasteiger partial charge >= 0.3 is 6.03 Å². The number of anilines is 1. The smallest absolute Gasteiger partial charge is 0.324 e. The fraction of sp³-hybridized carbons (Fsp3) is 0.357. The minimum atomic E-state index is -0.937. The second kappa shape index (κ2) is 5.73. The average molecular weight is 310 g/mol. The van der Waals surface area contributed by atoms with Crippen molar-refractivity contribution in [3.05, 3.63) is 29.3 Å². The Bertz CT molecular complexity index is 605. The molecule has 1 fully saturated rings. The van der Waals surface area contributed by atoms with Crippen LogP contribution in [0.2, 0.25) is 5.02 Å². The number of hydrogen-bond donors (Lipinski definition) is 2. The first-order valence-corrected chi connectivity index (χ1v) is 6.93. The molecule has 4 amide bonds. The van der Waals surface area contributed by atoms with Crippen LogP contribution in [0.25, 0.3) is 0 Å². The number of rotatable bonds is 4. The number of urea groups is 1. The Morgan fingerprint density at radius 2 is 2.14 bits per heavy atom. The molecule has 7 heteroatoms. The first-order valence-electron chi connectivity index (χ1n) is 6.55. The summed E-state index contributed by atoms with van der Waals surface area (Å²) in [4.78, 5) is 36.8. The maximum atomic E-state index is 12.2. The van der Waals surface area contributed by atoms with Gasteiger partial charge in [0.15, 0.2) is 0 Å². The van der Waals surface area contributed by atoms with E-state index < -0.39 is 23.4 Å². The Morgan fingerprint density at radius 1 is 1.43 bits per heavy atom. The predicted octanol–water partition coefficient (Wildman–Crippen LogP) is 2.00. The number of carbonyl (C=O) groups is 3. The summed E-state index contributed by atoms with van der Waals surface area (Å²) in [6, 6.07) is 6.08. The van der Waals surface area contributed by atoms with Crippen LogP contribution >= 0.6 is 11.6 Å². The lowest BCUT2D eigenvalue weighted by Gasteiger charge is -2.19. The summed E-state index contributed by atoms with van der Waals surface area (Å²) in [6.45, 7) is 3.11. The van der Waals surface area contributed by atoms with Crippen LogP contribution in [0.5, 0.6) is 0 Å². The Morgan fingerprint density at radius 3 is 2.71 bits per heavy atom. The largest absolute Gasteiger partial charge is 0.325 e. The Hall–Kier alpha value is -2.08. The highest BCUT2D eigenvalue weighted by atomic mass is 35.5. The van der Waals surface area contributed by atoms with E-state index in [1.54, 1.807) is 38.1 Å². The topological polar surface area (TPSA) is 78.5 Å². The number of benzene rings is 1.